The number of aliphatic imine (C=N–C) groups is 1. The van der Waals surface area contributed by atoms with E-state index in [4.69, 9.17) is 0 Å². The van der Waals surface area contributed by atoms with Crippen LogP contribution in [0.25, 0.3) is 0 Å². The molecule has 1 unspecified atom stereocenters. The minimum absolute atomic E-state index is 0.242. The normalized spacial score (nSPS) is 16.9. The third-order valence-electron chi connectivity index (χ3n) is 4.64. The Morgan fingerprint density at radius 2 is 1.68 bits per heavy atom. The Morgan fingerprint density at radius 1 is 1.04 bits per heavy atom. The molecule has 1 aliphatic rings. The van der Waals surface area contributed by atoms with Crippen LogP contribution in [-0.2, 0) is 16.2 Å². The molecule has 0 aromatic heterocycles. The van der Waals surface area contributed by atoms with Crippen LogP contribution in [0.4, 0.5) is 0 Å². The predicted molar refractivity (Wildman–Crippen MR) is 104 cm³/mol. The molecule has 132 valence electrons. The third-order valence-corrected chi connectivity index (χ3v) is 6.02. The molecule has 0 radical (unpaired) electrons. The molecule has 2 aromatic rings. The van der Waals surface area contributed by atoms with E-state index in [-0.39, 0.29) is 5.41 Å². The van der Waals surface area contributed by atoms with E-state index in [9.17, 15) is 4.21 Å². The third kappa shape index (κ3) is 4.69. The van der Waals surface area contributed by atoms with Crippen LogP contribution < -0.4 is 10.6 Å². The highest BCUT2D eigenvalue weighted by atomic mass is 32.2. The molecule has 1 aliphatic carbocycles. The minimum Gasteiger partial charge on any atom is -0.356 e. The summed E-state index contributed by atoms with van der Waals surface area (Å²) in [5.41, 5.74) is 1.63. The van der Waals surface area contributed by atoms with Gasteiger partial charge in [0.15, 0.2) is 5.96 Å². The zero-order chi connectivity index (χ0) is 17.5. The minimum atomic E-state index is -0.985. The van der Waals surface area contributed by atoms with Crippen molar-refractivity contribution in [2.45, 2.75) is 23.2 Å². The molecular formula is C20H25N3OS. The van der Waals surface area contributed by atoms with E-state index in [2.05, 4.69) is 46.0 Å². The SMILES string of the molecule is CN=C(NCCS(=O)c1ccccc1)NCC1(c2ccccc2)CC1. The first-order chi connectivity index (χ1) is 12.2. The van der Waals surface area contributed by atoms with Gasteiger partial charge in [0.2, 0.25) is 0 Å². The Morgan fingerprint density at radius 3 is 2.28 bits per heavy atom. The standard InChI is InChI=1S/C20H25N3OS/c1-21-19(22-14-15-25(24)18-10-6-3-7-11-18)23-16-20(12-13-20)17-8-4-2-5-9-17/h2-11H,12-16H2,1H3,(H2,21,22,23). The molecule has 4 nitrogen and oxygen atoms in total. The van der Waals surface area contributed by atoms with Gasteiger partial charge < -0.3 is 10.6 Å². The smallest absolute Gasteiger partial charge is 0.191 e. The van der Waals surface area contributed by atoms with Gasteiger partial charge in [0.25, 0.3) is 0 Å². The van der Waals surface area contributed by atoms with Gasteiger partial charge in [-0.1, -0.05) is 48.5 Å². The molecule has 1 fully saturated rings. The summed E-state index contributed by atoms with van der Waals surface area (Å²) >= 11 is 0. The van der Waals surface area contributed by atoms with Gasteiger partial charge in [-0.2, -0.15) is 0 Å². The summed E-state index contributed by atoms with van der Waals surface area (Å²) in [6, 6.07) is 20.2. The molecule has 0 heterocycles. The molecule has 0 amide bonds. The molecular weight excluding hydrogens is 330 g/mol. The Kier molecular flexibility index (Phi) is 5.87. The molecule has 0 saturated heterocycles. The second kappa shape index (κ2) is 8.30. The fraction of sp³-hybridized carbons (Fsp3) is 0.350. The number of rotatable bonds is 7. The summed E-state index contributed by atoms with van der Waals surface area (Å²) in [4.78, 5) is 5.15. The largest absolute Gasteiger partial charge is 0.356 e. The van der Waals surface area contributed by atoms with Crippen molar-refractivity contribution < 1.29 is 4.21 Å². The number of benzene rings is 2. The van der Waals surface area contributed by atoms with Crippen LogP contribution in [0.5, 0.6) is 0 Å². The molecule has 0 bridgehead atoms. The maximum absolute atomic E-state index is 12.2. The molecule has 3 rings (SSSR count). The van der Waals surface area contributed by atoms with Gasteiger partial charge in [-0.15, -0.1) is 0 Å². The zero-order valence-corrected chi connectivity index (χ0v) is 15.4. The van der Waals surface area contributed by atoms with Gasteiger partial charge in [-0.3, -0.25) is 9.20 Å². The Hall–Kier alpha value is -2.14. The number of hydrogen-bond donors (Lipinski definition) is 2. The first-order valence-electron chi connectivity index (χ1n) is 8.67. The lowest BCUT2D eigenvalue weighted by Crippen LogP contribution is -2.42. The second-order valence-electron chi connectivity index (χ2n) is 6.36. The predicted octanol–water partition coefficient (Wildman–Crippen LogP) is 2.69. The fourth-order valence-electron chi connectivity index (χ4n) is 2.94. The lowest BCUT2D eigenvalue weighted by molar-refractivity contribution is 0.647. The van der Waals surface area contributed by atoms with Crippen molar-refractivity contribution in [1.82, 2.24) is 10.6 Å². The number of nitrogens with zero attached hydrogens (tertiary/aromatic N) is 1. The molecule has 2 aromatic carbocycles. The molecule has 0 spiro atoms. The van der Waals surface area contributed by atoms with Gasteiger partial charge in [0, 0.05) is 36.2 Å². The van der Waals surface area contributed by atoms with Crippen molar-refractivity contribution in [3.8, 4) is 0 Å². The Labute approximate surface area is 152 Å². The van der Waals surface area contributed by atoms with Crippen molar-refractivity contribution in [1.29, 1.82) is 0 Å². The first-order valence-corrected chi connectivity index (χ1v) is 9.99. The van der Waals surface area contributed by atoms with Gasteiger partial charge in [0.1, 0.15) is 0 Å². The average molecular weight is 356 g/mol. The summed E-state index contributed by atoms with van der Waals surface area (Å²) in [5.74, 6) is 1.33. The Balaban J connectivity index is 1.45. The summed E-state index contributed by atoms with van der Waals surface area (Å²) < 4.78 is 12.2. The molecule has 1 atom stereocenters. The summed E-state index contributed by atoms with van der Waals surface area (Å²) in [5, 5.41) is 6.69. The summed E-state index contributed by atoms with van der Waals surface area (Å²) in [6.07, 6.45) is 2.41. The van der Waals surface area contributed by atoms with Crippen LogP contribution in [0.2, 0.25) is 0 Å². The Bertz CT molecular complexity index is 727. The van der Waals surface area contributed by atoms with Crippen molar-refractivity contribution in [2.24, 2.45) is 4.99 Å². The number of nitrogens with one attached hydrogen (secondary N) is 2. The van der Waals surface area contributed by atoms with Crippen LogP contribution in [0, 0.1) is 0 Å². The summed E-state index contributed by atoms with van der Waals surface area (Å²) in [6.45, 7) is 1.50. The highest BCUT2D eigenvalue weighted by molar-refractivity contribution is 7.85. The zero-order valence-electron chi connectivity index (χ0n) is 14.6. The fourth-order valence-corrected chi connectivity index (χ4v) is 3.92. The van der Waals surface area contributed by atoms with Crippen molar-refractivity contribution >= 4 is 16.8 Å². The van der Waals surface area contributed by atoms with E-state index in [1.54, 1.807) is 7.05 Å². The van der Waals surface area contributed by atoms with Gasteiger partial charge >= 0.3 is 0 Å². The van der Waals surface area contributed by atoms with Crippen molar-refractivity contribution in [3.63, 3.8) is 0 Å². The maximum atomic E-state index is 12.2. The van der Waals surface area contributed by atoms with Gasteiger partial charge in [0.05, 0.1) is 10.8 Å². The van der Waals surface area contributed by atoms with Crippen LogP contribution in [0.3, 0.4) is 0 Å². The highest BCUT2D eigenvalue weighted by Gasteiger charge is 2.43. The van der Waals surface area contributed by atoms with E-state index in [1.807, 2.05) is 30.3 Å². The van der Waals surface area contributed by atoms with Crippen LogP contribution in [0.1, 0.15) is 18.4 Å². The topological polar surface area (TPSA) is 53.5 Å². The van der Waals surface area contributed by atoms with E-state index >= 15 is 0 Å². The van der Waals surface area contributed by atoms with Crippen LogP contribution in [0.15, 0.2) is 70.6 Å². The molecule has 0 aliphatic heterocycles. The second-order valence-corrected chi connectivity index (χ2v) is 7.93. The molecule has 2 N–H and O–H groups in total. The average Bonchev–Trinajstić information content (AvgIpc) is 3.47. The number of guanidine groups is 1. The molecule has 5 heteroatoms. The first kappa shape index (κ1) is 17.7. The quantitative estimate of drug-likeness (QED) is 0.593. The number of hydrogen-bond acceptors (Lipinski definition) is 2. The van der Waals surface area contributed by atoms with Crippen molar-refractivity contribution in [2.75, 3.05) is 25.9 Å². The lowest BCUT2D eigenvalue weighted by atomic mass is 9.96. The van der Waals surface area contributed by atoms with Gasteiger partial charge in [-0.05, 0) is 30.5 Å². The van der Waals surface area contributed by atoms with E-state index in [1.165, 1.54) is 18.4 Å². The summed E-state index contributed by atoms with van der Waals surface area (Å²) in [7, 11) is 0.784. The van der Waals surface area contributed by atoms with E-state index < -0.39 is 10.8 Å². The van der Waals surface area contributed by atoms with Gasteiger partial charge in [-0.25, -0.2) is 0 Å². The molecule has 1 saturated carbocycles. The monoisotopic (exact) mass is 355 g/mol. The van der Waals surface area contributed by atoms with E-state index in [0.29, 0.717) is 12.3 Å². The van der Waals surface area contributed by atoms with Crippen LogP contribution in [-0.4, -0.2) is 36.1 Å². The lowest BCUT2D eigenvalue weighted by Gasteiger charge is -2.19. The van der Waals surface area contributed by atoms with Crippen LogP contribution >= 0.6 is 0 Å². The maximum Gasteiger partial charge on any atom is 0.191 e. The molecule has 25 heavy (non-hydrogen) atoms. The van der Waals surface area contributed by atoms with Crippen molar-refractivity contribution in [3.05, 3.63) is 66.2 Å². The van der Waals surface area contributed by atoms with E-state index in [0.717, 1.165) is 17.4 Å². The highest BCUT2D eigenvalue weighted by Crippen LogP contribution is 2.47.